The van der Waals surface area contributed by atoms with Crippen molar-refractivity contribution in [2.45, 2.75) is 130 Å². The molecule has 0 atom stereocenters. The van der Waals surface area contributed by atoms with E-state index < -0.39 is 12.1 Å². The van der Waals surface area contributed by atoms with Crippen molar-refractivity contribution in [3.63, 3.8) is 0 Å². The van der Waals surface area contributed by atoms with Crippen LogP contribution in [0.2, 0.25) is 0 Å². The molecule has 0 bridgehead atoms. The molecule has 0 aromatic carbocycles. The third kappa shape index (κ3) is 40.2. The number of carboxylic acid groups (broad SMARTS) is 1. The summed E-state index contributed by atoms with van der Waals surface area (Å²) in [5.74, 6) is -0.903. The van der Waals surface area contributed by atoms with Crippen molar-refractivity contribution in [2.24, 2.45) is 0 Å². The van der Waals surface area contributed by atoms with Crippen LogP contribution in [0, 0.1) is 0 Å². The van der Waals surface area contributed by atoms with Gasteiger partial charge in [-0.15, -0.1) is 6.10 Å². The number of hydrogen-bond donors (Lipinski definition) is 0. The van der Waals surface area contributed by atoms with E-state index >= 15 is 0 Å². The van der Waals surface area contributed by atoms with Crippen LogP contribution in [0.15, 0.2) is 0 Å². The van der Waals surface area contributed by atoms with Gasteiger partial charge < -0.3 is 15.0 Å². The Hall–Kier alpha value is -0.0375. The Morgan fingerprint density at radius 3 is 1.16 bits per heavy atom. The molecule has 0 aliphatic rings. The zero-order valence-electron chi connectivity index (χ0n) is 17.2. The predicted octanol–water partition coefficient (Wildman–Crippen LogP) is 4.37. The molecule has 0 heterocycles. The van der Waals surface area contributed by atoms with Gasteiger partial charge in [0.05, 0.1) is 0 Å². The molecule has 147 valence electrons. The van der Waals surface area contributed by atoms with Crippen molar-refractivity contribution in [3.05, 3.63) is 0 Å². The van der Waals surface area contributed by atoms with Crippen molar-refractivity contribution in [1.29, 1.82) is 0 Å². The molecule has 0 rings (SSSR count). The Morgan fingerprint density at radius 1 is 0.680 bits per heavy atom. The molecule has 0 aromatic rings. The first kappa shape index (κ1) is 29.7. The topological polar surface area (TPSA) is 63.2 Å². The van der Waals surface area contributed by atoms with Crippen molar-refractivity contribution in [2.75, 3.05) is 0 Å². The van der Waals surface area contributed by atoms with Crippen LogP contribution in [-0.2, 0) is 4.79 Å². The molecular weight excluding hydrogens is 327 g/mol. The maximum absolute atomic E-state index is 10.2. The monoisotopic (exact) mass is 369 g/mol. The van der Waals surface area contributed by atoms with Crippen molar-refractivity contribution < 1.29 is 15.0 Å². The van der Waals surface area contributed by atoms with Crippen LogP contribution in [0.3, 0.4) is 0 Å². The van der Waals surface area contributed by atoms with E-state index in [0.29, 0.717) is 0 Å². The second kappa shape index (κ2) is 26.2. The first-order valence-electron chi connectivity index (χ1n) is 10.4. The molecule has 0 aliphatic heterocycles. The minimum atomic E-state index is -0.903. The largest absolute Gasteiger partial charge is 2.00 e. The van der Waals surface area contributed by atoms with Crippen LogP contribution in [0.25, 0.3) is 0 Å². The van der Waals surface area contributed by atoms with Crippen LogP contribution in [0.5, 0.6) is 0 Å². The summed E-state index contributed by atoms with van der Waals surface area (Å²) in [4.78, 5) is 10.2. The van der Waals surface area contributed by atoms with Gasteiger partial charge in [0.2, 0.25) is 0 Å². The molecule has 0 spiro atoms. The van der Waals surface area contributed by atoms with Crippen LogP contribution in [-0.4, -0.2) is 29.4 Å². The SMILES string of the molecule is CC(C)[O-].CCCCCCCCCCCCCCCCCC(=O)[O-].[Al+2]. The minimum absolute atomic E-state index is 0. The summed E-state index contributed by atoms with van der Waals surface area (Å²) in [6.07, 6.45) is 19.4. The van der Waals surface area contributed by atoms with E-state index in [0.717, 1.165) is 12.8 Å². The van der Waals surface area contributed by atoms with Gasteiger partial charge >= 0.3 is 17.4 Å². The maximum Gasteiger partial charge on any atom is 2.00 e. The molecule has 0 amide bonds. The molecule has 0 aromatic heterocycles. The first-order valence-corrected chi connectivity index (χ1v) is 10.4. The van der Waals surface area contributed by atoms with E-state index in [1.807, 2.05) is 0 Å². The molecule has 4 heteroatoms. The van der Waals surface area contributed by atoms with Crippen LogP contribution in [0.4, 0.5) is 0 Å². The standard InChI is InChI=1S/C18H36O2.C3H7O.Al/c1-2-3-4-5-6-7-8-9-10-11-12-13-14-15-16-17-18(19)20;1-3(2)4;/h2-17H2,1H3,(H,19,20);3H,1-2H3;/q;-1;+2/p-1. The average molecular weight is 370 g/mol. The summed E-state index contributed by atoms with van der Waals surface area (Å²) < 4.78 is 0. The van der Waals surface area contributed by atoms with E-state index in [4.69, 9.17) is 0 Å². The van der Waals surface area contributed by atoms with E-state index in [2.05, 4.69) is 6.92 Å². The Balaban J connectivity index is -0.000000867. The quantitative estimate of drug-likeness (QED) is 0.300. The zero-order chi connectivity index (χ0) is 18.5. The number of hydrogen-bond acceptors (Lipinski definition) is 3. The Bertz CT molecular complexity index is 243. The molecule has 25 heavy (non-hydrogen) atoms. The second-order valence-electron chi connectivity index (χ2n) is 7.12. The number of carboxylic acids is 1. The van der Waals surface area contributed by atoms with Gasteiger partial charge in [-0.25, -0.2) is 0 Å². The second-order valence-corrected chi connectivity index (χ2v) is 7.12. The summed E-state index contributed by atoms with van der Waals surface area (Å²) in [5, 5.41) is 19.7. The minimum Gasteiger partial charge on any atom is -0.852 e. The van der Waals surface area contributed by atoms with Gasteiger partial charge in [-0.3, -0.25) is 0 Å². The number of carbonyl (C=O) groups excluding carboxylic acids is 1. The van der Waals surface area contributed by atoms with Crippen molar-refractivity contribution >= 4 is 23.3 Å². The summed E-state index contributed by atoms with van der Waals surface area (Å²) in [5.41, 5.74) is 0. The van der Waals surface area contributed by atoms with Gasteiger partial charge in [0.1, 0.15) is 0 Å². The summed E-state index contributed by atoms with van der Waals surface area (Å²) in [6, 6.07) is 0. The van der Waals surface area contributed by atoms with Crippen molar-refractivity contribution in [1.82, 2.24) is 0 Å². The van der Waals surface area contributed by atoms with Crippen LogP contribution < -0.4 is 10.2 Å². The molecule has 0 fully saturated rings. The molecule has 0 N–H and O–H groups in total. The third-order valence-corrected chi connectivity index (χ3v) is 3.98. The fraction of sp³-hybridized carbons (Fsp3) is 0.952. The molecule has 1 radical (unpaired) electrons. The van der Waals surface area contributed by atoms with Crippen molar-refractivity contribution in [3.8, 4) is 0 Å². The summed E-state index contributed by atoms with van der Waals surface area (Å²) in [7, 11) is 0. The Morgan fingerprint density at radius 2 is 0.920 bits per heavy atom. The number of aliphatic carboxylic acids is 1. The van der Waals surface area contributed by atoms with E-state index in [1.54, 1.807) is 13.8 Å². The van der Waals surface area contributed by atoms with E-state index in [1.165, 1.54) is 83.5 Å². The van der Waals surface area contributed by atoms with E-state index in [9.17, 15) is 15.0 Å². The van der Waals surface area contributed by atoms with Gasteiger partial charge in [0.15, 0.2) is 0 Å². The first-order chi connectivity index (χ1) is 11.5. The van der Waals surface area contributed by atoms with Crippen LogP contribution in [0.1, 0.15) is 124 Å². The summed E-state index contributed by atoms with van der Waals surface area (Å²) in [6.45, 7) is 5.49. The zero-order valence-corrected chi connectivity index (χ0v) is 18.3. The number of rotatable bonds is 16. The normalized spacial score (nSPS) is 10.1. The number of carbonyl (C=O) groups is 1. The molecule has 0 unspecified atom stereocenters. The van der Waals surface area contributed by atoms with Gasteiger partial charge in [0, 0.05) is 5.97 Å². The van der Waals surface area contributed by atoms with Gasteiger partial charge in [-0.05, 0) is 12.8 Å². The predicted molar refractivity (Wildman–Crippen MR) is 105 cm³/mol. The fourth-order valence-corrected chi connectivity index (χ4v) is 2.64. The van der Waals surface area contributed by atoms with Gasteiger partial charge in [-0.2, -0.15) is 0 Å². The molecule has 0 saturated heterocycles. The molecular formula is C21H42AlO3. The maximum atomic E-state index is 10.2. The summed E-state index contributed by atoms with van der Waals surface area (Å²) >= 11 is 0. The van der Waals surface area contributed by atoms with E-state index in [-0.39, 0.29) is 23.8 Å². The van der Waals surface area contributed by atoms with Gasteiger partial charge in [0.25, 0.3) is 0 Å². The number of unbranched alkanes of at least 4 members (excludes halogenated alkanes) is 14. The third-order valence-electron chi connectivity index (χ3n) is 3.98. The molecule has 0 saturated carbocycles. The smallest absolute Gasteiger partial charge is 0.852 e. The molecule has 0 aliphatic carbocycles. The fourth-order valence-electron chi connectivity index (χ4n) is 2.64. The average Bonchev–Trinajstić information content (AvgIpc) is 2.50. The Labute approximate surface area is 168 Å². The molecule has 3 nitrogen and oxygen atoms in total. The Kier molecular flexibility index (Phi) is 31.1. The van der Waals surface area contributed by atoms with Crippen LogP contribution >= 0.6 is 0 Å². The van der Waals surface area contributed by atoms with Gasteiger partial charge in [-0.1, -0.05) is 111 Å².